The van der Waals surface area contributed by atoms with Crippen LogP contribution in [-0.2, 0) is 0 Å². The summed E-state index contributed by atoms with van der Waals surface area (Å²) in [5.41, 5.74) is 0.486. The summed E-state index contributed by atoms with van der Waals surface area (Å²) in [6, 6.07) is 9.73. The monoisotopic (exact) mass is 343 g/mol. The number of nitrogens with one attached hydrogen (secondary N) is 2. The maximum Gasteiger partial charge on any atom is 0.279 e. The van der Waals surface area contributed by atoms with Gasteiger partial charge in [0.2, 0.25) is 0 Å². The van der Waals surface area contributed by atoms with Crippen molar-refractivity contribution in [3.8, 4) is 0 Å². The second-order valence-electron chi connectivity index (χ2n) is 5.54. The Bertz CT molecular complexity index is 928. The molecule has 1 unspecified atom stereocenters. The summed E-state index contributed by atoms with van der Waals surface area (Å²) >= 11 is 1.48. The average molecular weight is 343 g/mol. The van der Waals surface area contributed by atoms with E-state index in [1.54, 1.807) is 13.8 Å². The van der Waals surface area contributed by atoms with Crippen molar-refractivity contribution in [3.05, 3.63) is 62.6 Å². The third kappa shape index (κ3) is 3.22. The second kappa shape index (κ2) is 6.54. The minimum absolute atomic E-state index is 0.0136. The van der Waals surface area contributed by atoms with E-state index in [2.05, 4.69) is 15.3 Å². The van der Waals surface area contributed by atoms with Crippen LogP contribution < -0.4 is 10.9 Å². The number of aliphatic hydroxyl groups excluding tert-OH is 1. The zero-order chi connectivity index (χ0) is 17.3. The molecule has 0 fully saturated rings. The fourth-order valence-electron chi connectivity index (χ4n) is 2.32. The van der Waals surface area contributed by atoms with Gasteiger partial charge in [-0.15, -0.1) is 11.3 Å². The first kappa shape index (κ1) is 16.4. The zero-order valence-electron chi connectivity index (χ0n) is 13.3. The van der Waals surface area contributed by atoms with Gasteiger partial charge in [0.15, 0.2) is 5.69 Å². The Morgan fingerprint density at radius 1 is 1.38 bits per heavy atom. The van der Waals surface area contributed by atoms with Gasteiger partial charge in [-0.1, -0.05) is 18.2 Å². The topological polar surface area (TPSA) is 95.1 Å². The number of rotatable bonds is 4. The van der Waals surface area contributed by atoms with Crippen molar-refractivity contribution >= 4 is 27.3 Å². The number of aromatic nitrogens is 2. The molecule has 2 heterocycles. The lowest BCUT2D eigenvalue weighted by atomic mass is 10.2. The third-order valence-corrected chi connectivity index (χ3v) is 5.00. The molecule has 0 radical (unpaired) electrons. The number of amides is 1. The highest BCUT2D eigenvalue weighted by Crippen LogP contribution is 2.29. The van der Waals surface area contributed by atoms with E-state index in [4.69, 9.17) is 0 Å². The minimum atomic E-state index is -0.836. The number of carbonyl (C=O) groups excluding carboxylic acids is 1. The Kier molecular flexibility index (Phi) is 4.46. The van der Waals surface area contributed by atoms with Gasteiger partial charge in [-0.05, 0) is 31.4 Å². The molecule has 2 aromatic heterocycles. The van der Waals surface area contributed by atoms with Crippen LogP contribution in [0.1, 0.15) is 32.9 Å². The number of benzene rings is 1. The summed E-state index contributed by atoms with van der Waals surface area (Å²) in [5.74, 6) is -0.598. The molecule has 0 aliphatic heterocycles. The molecule has 0 bridgehead atoms. The lowest BCUT2D eigenvalue weighted by Crippen LogP contribution is -2.34. The molecule has 1 atom stereocenters. The van der Waals surface area contributed by atoms with E-state index in [-0.39, 0.29) is 12.2 Å². The summed E-state index contributed by atoms with van der Waals surface area (Å²) in [4.78, 5) is 31.3. The van der Waals surface area contributed by atoms with Crippen molar-refractivity contribution in [2.75, 3.05) is 6.54 Å². The van der Waals surface area contributed by atoms with Crippen molar-refractivity contribution in [3.63, 3.8) is 0 Å². The third-order valence-electron chi connectivity index (χ3n) is 3.78. The predicted octanol–water partition coefficient (Wildman–Crippen LogP) is 2.06. The number of carbonyl (C=O) groups is 1. The summed E-state index contributed by atoms with van der Waals surface area (Å²) in [6.45, 7) is 3.45. The van der Waals surface area contributed by atoms with Crippen LogP contribution in [0.2, 0.25) is 0 Å². The van der Waals surface area contributed by atoms with Gasteiger partial charge < -0.3 is 15.4 Å². The van der Waals surface area contributed by atoms with Crippen LogP contribution in [0.4, 0.5) is 0 Å². The van der Waals surface area contributed by atoms with E-state index >= 15 is 0 Å². The molecule has 1 aromatic carbocycles. The first-order chi connectivity index (χ1) is 11.5. The van der Waals surface area contributed by atoms with E-state index in [1.165, 1.54) is 11.3 Å². The second-order valence-corrected chi connectivity index (χ2v) is 6.65. The van der Waals surface area contributed by atoms with Gasteiger partial charge in [0.25, 0.3) is 11.5 Å². The number of H-pyrrole nitrogens is 1. The van der Waals surface area contributed by atoms with Crippen LogP contribution in [0.3, 0.4) is 0 Å². The molecule has 24 heavy (non-hydrogen) atoms. The molecular formula is C17H17N3O3S. The molecule has 1 amide bonds. The molecule has 7 heteroatoms. The molecule has 0 saturated heterocycles. The van der Waals surface area contributed by atoms with Crippen molar-refractivity contribution in [2.24, 2.45) is 0 Å². The van der Waals surface area contributed by atoms with E-state index in [0.717, 1.165) is 15.0 Å². The first-order valence-electron chi connectivity index (χ1n) is 7.48. The maximum absolute atomic E-state index is 12.1. The van der Waals surface area contributed by atoms with E-state index in [9.17, 15) is 14.7 Å². The van der Waals surface area contributed by atoms with Gasteiger partial charge in [0.1, 0.15) is 6.10 Å². The van der Waals surface area contributed by atoms with Crippen molar-refractivity contribution in [1.82, 2.24) is 15.3 Å². The number of aliphatic hydroxyl groups is 1. The fourth-order valence-corrected chi connectivity index (χ4v) is 3.37. The van der Waals surface area contributed by atoms with E-state index < -0.39 is 17.6 Å². The number of fused-ring (bicyclic) bond motifs is 1. The molecule has 0 aliphatic carbocycles. The molecule has 124 valence electrons. The summed E-state index contributed by atoms with van der Waals surface area (Å²) in [7, 11) is 0. The van der Waals surface area contributed by atoms with Crippen molar-refractivity contribution in [2.45, 2.75) is 20.0 Å². The Balaban J connectivity index is 1.72. The molecule has 6 nitrogen and oxygen atoms in total. The van der Waals surface area contributed by atoms with Gasteiger partial charge in [-0.25, -0.2) is 4.98 Å². The molecule has 0 saturated carbocycles. The summed E-state index contributed by atoms with van der Waals surface area (Å²) < 4.78 is 1.07. The predicted molar refractivity (Wildman–Crippen MR) is 93.4 cm³/mol. The largest absolute Gasteiger partial charge is 0.386 e. The average Bonchev–Trinajstić information content (AvgIpc) is 2.99. The highest BCUT2D eigenvalue weighted by atomic mass is 32.1. The van der Waals surface area contributed by atoms with Crippen LogP contribution in [-0.4, -0.2) is 27.5 Å². The normalized spacial score (nSPS) is 12.3. The molecule has 3 N–H and O–H groups in total. The minimum Gasteiger partial charge on any atom is -0.386 e. The molecule has 3 rings (SSSR count). The van der Waals surface area contributed by atoms with Gasteiger partial charge >= 0.3 is 0 Å². The Hall–Kier alpha value is -2.51. The smallest absolute Gasteiger partial charge is 0.279 e. The van der Waals surface area contributed by atoms with Crippen LogP contribution in [0, 0.1) is 13.8 Å². The van der Waals surface area contributed by atoms with Gasteiger partial charge in [0, 0.05) is 21.8 Å². The Labute approximate surface area is 142 Å². The van der Waals surface area contributed by atoms with Crippen LogP contribution in [0.5, 0.6) is 0 Å². The highest BCUT2D eigenvalue weighted by Gasteiger charge is 2.17. The number of aromatic amines is 1. The van der Waals surface area contributed by atoms with Crippen LogP contribution in [0.25, 0.3) is 10.1 Å². The lowest BCUT2D eigenvalue weighted by Gasteiger charge is -2.10. The first-order valence-corrected chi connectivity index (χ1v) is 8.29. The highest BCUT2D eigenvalue weighted by molar-refractivity contribution is 7.19. The number of aryl methyl sites for hydroxylation is 2. The molecule has 0 aliphatic rings. The summed E-state index contributed by atoms with van der Waals surface area (Å²) in [5, 5.41) is 13.9. The number of thiophene rings is 1. The summed E-state index contributed by atoms with van der Waals surface area (Å²) in [6.07, 6.45) is -0.836. The van der Waals surface area contributed by atoms with E-state index in [1.807, 2.05) is 30.3 Å². The van der Waals surface area contributed by atoms with Gasteiger partial charge in [0.05, 0.1) is 5.69 Å². The van der Waals surface area contributed by atoms with Gasteiger partial charge in [-0.3, -0.25) is 9.59 Å². The van der Waals surface area contributed by atoms with Crippen LogP contribution in [0.15, 0.2) is 35.1 Å². The fraction of sp³-hybridized carbons (Fsp3) is 0.235. The number of hydrogen-bond donors (Lipinski definition) is 3. The molecular weight excluding hydrogens is 326 g/mol. The zero-order valence-corrected chi connectivity index (χ0v) is 14.1. The van der Waals surface area contributed by atoms with Crippen LogP contribution >= 0.6 is 11.3 Å². The van der Waals surface area contributed by atoms with Gasteiger partial charge in [-0.2, -0.15) is 0 Å². The number of hydrogen-bond acceptors (Lipinski definition) is 5. The maximum atomic E-state index is 12.1. The number of nitrogens with zero attached hydrogens (tertiary/aromatic N) is 1. The van der Waals surface area contributed by atoms with Crippen molar-refractivity contribution < 1.29 is 9.90 Å². The van der Waals surface area contributed by atoms with E-state index in [0.29, 0.717) is 11.4 Å². The molecule has 0 spiro atoms. The Morgan fingerprint density at radius 2 is 2.12 bits per heavy atom. The van der Waals surface area contributed by atoms with Crippen molar-refractivity contribution in [1.29, 1.82) is 0 Å². The quantitative estimate of drug-likeness (QED) is 0.676. The molecule has 3 aromatic rings. The Morgan fingerprint density at radius 3 is 2.88 bits per heavy atom. The standard InChI is InChI=1S/C17H17N3O3S/c1-9-10(2)20-17(23)15(19-9)16(22)18-8-12(21)14-7-11-5-3-4-6-13(11)24-14/h3-7,12,21H,8H2,1-2H3,(H,18,22)(H,20,23). The lowest BCUT2D eigenvalue weighted by molar-refractivity contribution is 0.0911. The SMILES string of the molecule is Cc1nc(C(=O)NCC(O)c2cc3ccccc3s2)c(=O)[nH]c1C.